The molecule has 3 aromatic heterocycles. The molecule has 0 fully saturated rings. The summed E-state index contributed by atoms with van der Waals surface area (Å²) in [7, 11) is 3.16. The van der Waals surface area contributed by atoms with E-state index in [0.717, 1.165) is 5.39 Å². The molecule has 0 unspecified atom stereocenters. The van der Waals surface area contributed by atoms with Crippen LogP contribution in [0.4, 0.5) is 16.3 Å². The van der Waals surface area contributed by atoms with Crippen LogP contribution in [0.1, 0.15) is 32.3 Å². The van der Waals surface area contributed by atoms with E-state index in [2.05, 4.69) is 30.6 Å². The van der Waals surface area contributed by atoms with Crippen molar-refractivity contribution >= 4 is 28.4 Å². The van der Waals surface area contributed by atoms with Crippen molar-refractivity contribution in [1.82, 2.24) is 19.9 Å². The number of amides is 2. The first-order valence-electron chi connectivity index (χ1n) is 12.5. The molecule has 3 N–H and O–H groups in total. The molecular formula is C29H30N6O5. The zero-order chi connectivity index (χ0) is 28.4. The van der Waals surface area contributed by atoms with Gasteiger partial charge >= 0.3 is 6.03 Å². The highest BCUT2D eigenvalue weighted by atomic mass is 16.5. The molecule has 2 amide bonds. The van der Waals surface area contributed by atoms with Gasteiger partial charge in [-0.05, 0) is 43.3 Å². The number of aromatic amines is 1. The van der Waals surface area contributed by atoms with E-state index in [1.165, 1.54) is 6.39 Å². The summed E-state index contributed by atoms with van der Waals surface area (Å²) in [5, 5.41) is 6.45. The van der Waals surface area contributed by atoms with Gasteiger partial charge in [0.15, 0.2) is 29.3 Å². The van der Waals surface area contributed by atoms with E-state index in [-0.39, 0.29) is 5.41 Å². The predicted octanol–water partition coefficient (Wildman–Crippen LogP) is 6.67. The fraction of sp³-hybridized carbons (Fsp3) is 0.241. The zero-order valence-electron chi connectivity index (χ0n) is 23.1. The Morgan fingerprint density at radius 2 is 1.68 bits per heavy atom. The van der Waals surface area contributed by atoms with Crippen molar-refractivity contribution in [1.29, 1.82) is 0 Å². The molecular weight excluding hydrogens is 512 g/mol. The Morgan fingerprint density at radius 3 is 2.33 bits per heavy atom. The van der Waals surface area contributed by atoms with Crippen molar-refractivity contribution in [3.8, 4) is 34.5 Å². The van der Waals surface area contributed by atoms with Gasteiger partial charge < -0.3 is 28.9 Å². The topological polar surface area (TPSA) is 136 Å². The van der Waals surface area contributed by atoms with Gasteiger partial charge in [0, 0.05) is 28.8 Å². The van der Waals surface area contributed by atoms with E-state index in [1.54, 1.807) is 56.8 Å². The minimum atomic E-state index is -0.447. The lowest BCUT2D eigenvalue weighted by molar-refractivity contribution is 0.262. The highest BCUT2D eigenvalue weighted by molar-refractivity contribution is 6.01. The molecule has 5 aromatic rings. The average molecular weight is 543 g/mol. The van der Waals surface area contributed by atoms with Crippen molar-refractivity contribution in [3.63, 3.8) is 0 Å². The van der Waals surface area contributed by atoms with Crippen molar-refractivity contribution in [2.45, 2.75) is 33.1 Å². The van der Waals surface area contributed by atoms with Crippen LogP contribution in [0.5, 0.6) is 23.0 Å². The second-order valence-corrected chi connectivity index (χ2v) is 10.1. The van der Waals surface area contributed by atoms with Gasteiger partial charge in [-0.2, -0.15) is 0 Å². The number of oxazole rings is 1. The van der Waals surface area contributed by atoms with E-state index in [0.29, 0.717) is 63.0 Å². The largest absolute Gasteiger partial charge is 0.493 e. The number of carbonyl (C=O) groups excluding carboxylic acids is 1. The maximum absolute atomic E-state index is 12.9. The van der Waals surface area contributed by atoms with E-state index in [4.69, 9.17) is 18.6 Å². The van der Waals surface area contributed by atoms with E-state index in [9.17, 15) is 4.79 Å². The molecule has 0 aliphatic heterocycles. The van der Waals surface area contributed by atoms with Gasteiger partial charge in [-0.25, -0.2) is 14.8 Å². The number of methoxy groups -OCH3 is 2. The molecule has 5 rings (SSSR count). The van der Waals surface area contributed by atoms with Crippen LogP contribution in [0.25, 0.3) is 22.4 Å². The van der Waals surface area contributed by atoms with Crippen LogP contribution in [0.2, 0.25) is 0 Å². The number of aryl methyl sites for hydroxylation is 1. The minimum Gasteiger partial charge on any atom is -0.493 e. The van der Waals surface area contributed by atoms with Gasteiger partial charge in [0.2, 0.25) is 0 Å². The summed E-state index contributed by atoms with van der Waals surface area (Å²) >= 11 is 0. The summed E-state index contributed by atoms with van der Waals surface area (Å²) in [5.74, 6) is 3.96. The molecule has 0 saturated carbocycles. The van der Waals surface area contributed by atoms with Crippen LogP contribution in [0.3, 0.4) is 0 Å². The number of hydrogen-bond donors (Lipinski definition) is 3. The summed E-state index contributed by atoms with van der Waals surface area (Å²) < 4.78 is 22.5. The van der Waals surface area contributed by atoms with Crippen LogP contribution in [0, 0.1) is 6.92 Å². The summed E-state index contributed by atoms with van der Waals surface area (Å²) in [6.07, 6.45) is 3.02. The predicted molar refractivity (Wildman–Crippen MR) is 152 cm³/mol. The maximum Gasteiger partial charge on any atom is 0.324 e. The summed E-state index contributed by atoms with van der Waals surface area (Å²) in [6.45, 7) is 7.90. The number of urea groups is 1. The Kier molecular flexibility index (Phi) is 7.03. The maximum atomic E-state index is 12.9. The number of aromatic nitrogens is 4. The first-order valence-corrected chi connectivity index (χ1v) is 12.5. The molecule has 0 saturated heterocycles. The zero-order valence-corrected chi connectivity index (χ0v) is 23.1. The van der Waals surface area contributed by atoms with Gasteiger partial charge in [0.1, 0.15) is 23.1 Å². The molecule has 11 heteroatoms. The summed E-state index contributed by atoms with van der Waals surface area (Å²) in [5.41, 5.74) is 2.16. The first kappa shape index (κ1) is 26.5. The van der Waals surface area contributed by atoms with Crippen LogP contribution in [-0.4, -0.2) is 40.2 Å². The first-order chi connectivity index (χ1) is 19.2. The number of anilines is 2. The lowest BCUT2D eigenvalue weighted by Gasteiger charge is -2.14. The second-order valence-electron chi connectivity index (χ2n) is 10.1. The smallest absolute Gasteiger partial charge is 0.324 e. The normalized spacial score (nSPS) is 11.3. The number of pyridine rings is 1. The molecule has 0 aliphatic rings. The fourth-order valence-electron chi connectivity index (χ4n) is 4.06. The lowest BCUT2D eigenvalue weighted by atomic mass is 9.96. The molecule has 40 heavy (non-hydrogen) atoms. The minimum absolute atomic E-state index is 0.272. The van der Waals surface area contributed by atoms with Gasteiger partial charge in [-0.1, -0.05) is 20.8 Å². The number of H-pyrrole nitrogens is 1. The second kappa shape index (κ2) is 10.6. The van der Waals surface area contributed by atoms with Crippen molar-refractivity contribution in [3.05, 3.63) is 66.6 Å². The molecule has 3 heterocycles. The fourth-order valence-corrected chi connectivity index (χ4v) is 4.06. The van der Waals surface area contributed by atoms with Crippen LogP contribution in [-0.2, 0) is 5.41 Å². The van der Waals surface area contributed by atoms with Crippen LogP contribution < -0.4 is 24.8 Å². The quantitative estimate of drug-likeness (QED) is 0.207. The highest BCUT2D eigenvalue weighted by Crippen LogP contribution is 2.37. The number of benzene rings is 2. The van der Waals surface area contributed by atoms with E-state index in [1.807, 2.05) is 33.8 Å². The monoisotopic (exact) mass is 542 g/mol. The number of hydrogen-bond acceptors (Lipinski definition) is 8. The Balaban J connectivity index is 1.31. The molecule has 206 valence electrons. The summed E-state index contributed by atoms with van der Waals surface area (Å²) in [6, 6.07) is 12.0. The standard InChI is InChI=1S/C29H30N6O5/c1-16-25(39-15-31-16)24-26(34-27(33-24)29(2,3)4)35-28(36)32-17-7-9-18(10-8-17)40-21-11-12-30-20-14-23(38-6)22(37-5)13-19(20)21/h7-15H,1-6H3,(H,33,34)(H2,32,35,36). The average Bonchev–Trinajstić information content (AvgIpc) is 3.54. The third kappa shape index (κ3) is 5.39. The number of fused-ring (bicyclic) bond motifs is 1. The molecule has 0 atom stereocenters. The van der Waals surface area contributed by atoms with Crippen molar-refractivity contribution in [2.24, 2.45) is 0 Å². The molecule has 11 nitrogen and oxygen atoms in total. The van der Waals surface area contributed by atoms with Gasteiger partial charge in [-0.3, -0.25) is 10.3 Å². The lowest BCUT2D eigenvalue weighted by Crippen LogP contribution is -2.20. The number of nitrogens with one attached hydrogen (secondary N) is 3. The number of imidazole rings is 1. The van der Waals surface area contributed by atoms with Gasteiger partial charge in [0.05, 0.1) is 25.4 Å². The SMILES string of the molecule is COc1cc2nccc(Oc3ccc(NC(=O)Nc4[nH]c(C(C)(C)C)nc4-c4ocnc4C)cc3)c2cc1OC. The molecule has 2 aromatic carbocycles. The Hall–Kier alpha value is -5.06. The van der Waals surface area contributed by atoms with Crippen molar-refractivity contribution in [2.75, 3.05) is 24.9 Å². The van der Waals surface area contributed by atoms with Crippen LogP contribution in [0.15, 0.2) is 59.5 Å². The van der Waals surface area contributed by atoms with Crippen molar-refractivity contribution < 1.29 is 23.4 Å². The third-order valence-electron chi connectivity index (χ3n) is 6.16. The third-order valence-corrected chi connectivity index (χ3v) is 6.16. The highest BCUT2D eigenvalue weighted by Gasteiger charge is 2.25. The molecule has 0 bridgehead atoms. The van der Waals surface area contributed by atoms with Crippen LogP contribution >= 0.6 is 0 Å². The van der Waals surface area contributed by atoms with E-state index >= 15 is 0 Å². The Bertz CT molecular complexity index is 1670. The number of nitrogens with zero attached hydrogens (tertiary/aromatic N) is 3. The molecule has 0 radical (unpaired) electrons. The van der Waals surface area contributed by atoms with E-state index < -0.39 is 6.03 Å². The summed E-state index contributed by atoms with van der Waals surface area (Å²) in [4.78, 5) is 29.3. The number of ether oxygens (including phenoxy) is 3. The van der Waals surface area contributed by atoms with Gasteiger partial charge in [0.25, 0.3) is 0 Å². The van der Waals surface area contributed by atoms with Gasteiger partial charge in [-0.15, -0.1) is 0 Å². The Morgan fingerprint density at radius 1 is 0.950 bits per heavy atom. The Labute approximate surface area is 230 Å². The molecule has 0 aliphatic carbocycles. The number of rotatable bonds is 7. The molecule has 0 spiro atoms. The number of carbonyl (C=O) groups is 1.